The second-order valence-electron chi connectivity index (χ2n) is 19.8. The first kappa shape index (κ1) is 55.6. The van der Waals surface area contributed by atoms with Gasteiger partial charge in [0, 0.05) is 89.9 Å². The van der Waals surface area contributed by atoms with Crippen molar-refractivity contribution in [1.29, 1.82) is 10.8 Å². The number of benzene rings is 2. The molecule has 0 atom stereocenters. The predicted octanol–water partition coefficient (Wildman–Crippen LogP) is 5.95. The highest BCUT2D eigenvalue weighted by Crippen LogP contribution is 2.26. The van der Waals surface area contributed by atoms with Gasteiger partial charge in [-0.1, -0.05) is 49.9 Å². The number of hydrogen-bond donors (Lipinski definition) is 10. The summed E-state index contributed by atoms with van der Waals surface area (Å²) in [6, 6.07) is 14.1. The van der Waals surface area contributed by atoms with E-state index < -0.39 is 6.09 Å². The third kappa shape index (κ3) is 19.3. The lowest BCUT2D eigenvalue weighted by atomic mass is 9.88. The maximum atomic E-state index is 13.0. The van der Waals surface area contributed by atoms with E-state index in [4.69, 9.17) is 36.9 Å². The molecule has 5 aliphatic rings. The number of ether oxygens (including phenoxy) is 2. The highest BCUT2D eigenvalue weighted by Gasteiger charge is 2.30. The summed E-state index contributed by atoms with van der Waals surface area (Å²) in [5.74, 6) is 1.43. The Morgan fingerprint density at radius 1 is 0.534 bits per heavy atom. The smallest absolute Gasteiger partial charge is 0.410 e. The zero-order valence-electron chi connectivity index (χ0n) is 42.4. The van der Waals surface area contributed by atoms with Crippen LogP contribution in [-0.2, 0) is 22.6 Å². The molecule has 0 unspecified atom stereocenters. The number of nitrogens with two attached hydrogens (primary N) is 2. The number of likely N-dealkylation sites (tertiary alicyclic amines) is 1. The Bertz CT molecular complexity index is 1960. The van der Waals surface area contributed by atoms with Crippen LogP contribution < -0.4 is 38.1 Å². The SMILES string of the molecule is N=C(N)Nc1ccc(CNC(=O)N2CCN(C(=O)O[C@H]3CCC[C@@H](OC(=O)N4CCN(C(=O)NCc5ccc(NC(=N)N)cc5)CC4)CCC3)CC2)cc1.O=C(O)N1CCC(CCCCC2CCNCC2)CC1. The van der Waals surface area contributed by atoms with Crippen molar-refractivity contribution in [2.45, 2.75) is 115 Å². The maximum absolute atomic E-state index is 13.0. The van der Waals surface area contributed by atoms with E-state index in [1.54, 1.807) is 48.8 Å². The number of carbonyl (C=O) groups is 5. The molecule has 12 N–H and O–H groups in total. The van der Waals surface area contributed by atoms with Crippen molar-refractivity contribution in [3.8, 4) is 0 Å². The molecule has 0 aromatic heterocycles. The molecule has 4 aliphatic heterocycles. The number of carboxylic acid groups (broad SMARTS) is 1. The van der Waals surface area contributed by atoms with Crippen molar-refractivity contribution in [2.24, 2.45) is 23.3 Å². The van der Waals surface area contributed by atoms with Gasteiger partial charge < -0.3 is 77.1 Å². The Morgan fingerprint density at radius 3 is 1.27 bits per heavy atom. The largest absolute Gasteiger partial charge is 0.465 e. The van der Waals surface area contributed by atoms with Crippen LogP contribution in [0.4, 0.5) is 35.3 Å². The van der Waals surface area contributed by atoms with E-state index in [-0.39, 0.29) is 48.4 Å². The molecule has 5 fully saturated rings. The summed E-state index contributed by atoms with van der Waals surface area (Å²) in [5, 5.41) is 38.2. The molecule has 4 heterocycles. The fourth-order valence-corrected chi connectivity index (χ4v) is 10.0. The molecular formula is C51H80N14O8. The van der Waals surface area contributed by atoms with Crippen molar-refractivity contribution in [1.82, 2.24) is 40.4 Å². The number of guanidine groups is 2. The van der Waals surface area contributed by atoms with Gasteiger partial charge in [-0.25, -0.2) is 24.0 Å². The zero-order valence-corrected chi connectivity index (χ0v) is 42.4. The summed E-state index contributed by atoms with van der Waals surface area (Å²) in [4.78, 5) is 70.4. The highest BCUT2D eigenvalue weighted by molar-refractivity contribution is 5.90. The van der Waals surface area contributed by atoms with Crippen LogP contribution in [0.3, 0.4) is 0 Å². The van der Waals surface area contributed by atoms with E-state index >= 15 is 0 Å². The standard InChI is InChI=1S/C36H52N12O6.C15H28N2O2/c37-31(38)43-27-11-7-25(8-12-27)23-41-33(49)45-15-19-47(20-16-45)35(51)53-29-3-1-4-30(6-2-5-29)54-36(52)48-21-17-46(18-22-48)34(50)42-24-26-9-13-28(14-10-26)44-32(39)40;18-15(19)17-11-7-14(8-12-17)4-2-1-3-13-5-9-16-10-6-13/h7-14,29-30H,1-6,15-24H2,(H,41,49)(H,42,50)(H4,37,38,43)(H4,39,40,44);13-14,16H,1-12H2,(H,18,19)/t29-,30+;. The highest BCUT2D eigenvalue weighted by atomic mass is 16.6. The van der Waals surface area contributed by atoms with E-state index in [9.17, 15) is 24.0 Å². The molecule has 2 aromatic carbocycles. The monoisotopic (exact) mass is 1020 g/mol. The average molecular weight is 1020 g/mol. The van der Waals surface area contributed by atoms with Gasteiger partial charge in [-0.3, -0.25) is 10.8 Å². The van der Waals surface area contributed by atoms with Gasteiger partial charge in [-0.05, 0) is 125 Å². The minimum absolute atomic E-state index is 0.145. The van der Waals surface area contributed by atoms with Gasteiger partial charge in [0.1, 0.15) is 12.2 Å². The van der Waals surface area contributed by atoms with E-state index in [1.165, 1.54) is 51.6 Å². The minimum Gasteiger partial charge on any atom is -0.465 e. The second kappa shape index (κ2) is 29.1. The predicted molar refractivity (Wildman–Crippen MR) is 279 cm³/mol. The number of amides is 7. The van der Waals surface area contributed by atoms with Gasteiger partial charge in [0.2, 0.25) is 0 Å². The van der Waals surface area contributed by atoms with Gasteiger partial charge in [0.15, 0.2) is 11.9 Å². The normalized spacial score (nSPS) is 20.0. The summed E-state index contributed by atoms with van der Waals surface area (Å²) in [6.07, 6.45) is 12.6. The van der Waals surface area contributed by atoms with Gasteiger partial charge in [0.05, 0.1) is 0 Å². The maximum Gasteiger partial charge on any atom is 0.410 e. The number of nitrogens with zero attached hydrogens (tertiary/aromatic N) is 5. The molecule has 73 heavy (non-hydrogen) atoms. The number of nitrogens with one attached hydrogen (secondary N) is 7. The zero-order chi connectivity index (χ0) is 52.0. The fourth-order valence-electron chi connectivity index (χ4n) is 10.0. The van der Waals surface area contributed by atoms with E-state index in [2.05, 4.69) is 26.6 Å². The molecule has 0 bridgehead atoms. The van der Waals surface area contributed by atoms with E-state index in [1.807, 2.05) is 24.3 Å². The summed E-state index contributed by atoms with van der Waals surface area (Å²) in [5.41, 5.74) is 13.9. The molecule has 0 radical (unpaired) electrons. The van der Waals surface area contributed by atoms with Crippen LogP contribution in [0.15, 0.2) is 48.5 Å². The topological polar surface area (TPSA) is 300 Å². The molecule has 1 saturated carbocycles. The van der Waals surface area contributed by atoms with Gasteiger partial charge >= 0.3 is 30.3 Å². The van der Waals surface area contributed by atoms with Crippen LogP contribution in [0.25, 0.3) is 0 Å². The van der Waals surface area contributed by atoms with E-state index in [0.717, 1.165) is 61.7 Å². The molecule has 7 amide bonds. The van der Waals surface area contributed by atoms with Gasteiger partial charge in [-0.15, -0.1) is 0 Å². The quantitative estimate of drug-likeness (QED) is 0.0631. The van der Waals surface area contributed by atoms with Gasteiger partial charge in [-0.2, -0.15) is 0 Å². The third-order valence-electron chi connectivity index (χ3n) is 14.5. The van der Waals surface area contributed by atoms with Crippen molar-refractivity contribution >= 4 is 53.6 Å². The first-order valence-corrected chi connectivity index (χ1v) is 26.3. The Kier molecular flexibility index (Phi) is 22.2. The van der Waals surface area contributed by atoms with Crippen LogP contribution in [0.1, 0.15) is 101 Å². The van der Waals surface area contributed by atoms with Gasteiger partial charge in [0.25, 0.3) is 0 Å². The molecule has 0 spiro atoms. The molecule has 1 aliphatic carbocycles. The summed E-state index contributed by atoms with van der Waals surface area (Å²) in [7, 11) is 0. The molecule has 22 nitrogen and oxygen atoms in total. The number of rotatable bonds is 13. The summed E-state index contributed by atoms with van der Waals surface area (Å²) >= 11 is 0. The Balaban J connectivity index is 0.000000381. The van der Waals surface area contributed by atoms with Crippen LogP contribution >= 0.6 is 0 Å². The number of piperidine rings is 2. The number of urea groups is 2. The second-order valence-corrected chi connectivity index (χ2v) is 19.8. The van der Waals surface area contributed by atoms with Crippen molar-refractivity contribution in [3.05, 3.63) is 59.7 Å². The third-order valence-corrected chi connectivity index (χ3v) is 14.5. The number of anilines is 2. The molecule has 22 heteroatoms. The lowest BCUT2D eigenvalue weighted by Gasteiger charge is -2.36. The fraction of sp³-hybridized carbons (Fsp3) is 0.627. The van der Waals surface area contributed by atoms with E-state index in [0.29, 0.717) is 103 Å². The lowest BCUT2D eigenvalue weighted by Crippen LogP contribution is -2.53. The Labute approximate surface area is 429 Å². The first-order valence-electron chi connectivity index (χ1n) is 26.3. The van der Waals surface area contributed by atoms with Crippen molar-refractivity contribution in [3.63, 3.8) is 0 Å². The minimum atomic E-state index is -0.746. The molecular weight excluding hydrogens is 937 g/mol. The number of piperazine rings is 2. The molecule has 402 valence electrons. The van der Waals surface area contributed by atoms with Crippen molar-refractivity contribution in [2.75, 3.05) is 89.2 Å². The van der Waals surface area contributed by atoms with Crippen LogP contribution in [0.2, 0.25) is 0 Å². The van der Waals surface area contributed by atoms with Crippen LogP contribution in [0.5, 0.6) is 0 Å². The number of carbonyl (C=O) groups excluding carboxylic acids is 4. The lowest BCUT2D eigenvalue weighted by molar-refractivity contribution is 0.0196. The Morgan fingerprint density at radius 2 is 0.904 bits per heavy atom. The molecule has 7 rings (SSSR count). The number of unbranched alkanes of at least 4 members (excludes halogenated alkanes) is 1. The van der Waals surface area contributed by atoms with Crippen molar-refractivity contribution < 1.29 is 38.6 Å². The van der Waals surface area contributed by atoms with Crippen LogP contribution in [-0.4, -0.2) is 163 Å². The van der Waals surface area contributed by atoms with Crippen LogP contribution in [0, 0.1) is 22.7 Å². The Hall–Kier alpha value is -6.71. The first-order chi connectivity index (χ1) is 35.3. The average Bonchev–Trinajstić information content (AvgIpc) is 3.38. The molecule has 2 aromatic rings. The summed E-state index contributed by atoms with van der Waals surface area (Å²) in [6.45, 7) is 7.76. The summed E-state index contributed by atoms with van der Waals surface area (Å²) < 4.78 is 11.8. The number of hydrogen-bond acceptors (Lipinski definition) is 10. The molecule has 4 saturated heterocycles.